The number of carboxylic acid groups (broad SMARTS) is 1. The number of sulfonamides is 1. The van der Waals surface area contributed by atoms with E-state index in [0.717, 1.165) is 17.6 Å². The number of aliphatic carboxylic acids is 1. The highest BCUT2D eigenvalue weighted by Gasteiger charge is 2.41. The van der Waals surface area contributed by atoms with Gasteiger partial charge in [-0.15, -0.1) is 0 Å². The van der Waals surface area contributed by atoms with E-state index in [2.05, 4.69) is 15.9 Å². The number of hydrogen-bond donors (Lipinski definition) is 1. The van der Waals surface area contributed by atoms with Gasteiger partial charge in [0.15, 0.2) is 6.54 Å². The van der Waals surface area contributed by atoms with Crippen molar-refractivity contribution in [3.05, 3.63) is 63.0 Å². The van der Waals surface area contributed by atoms with Crippen LogP contribution in [0, 0.1) is 4.91 Å². The Balaban J connectivity index is 1.93. The highest BCUT2D eigenvalue weighted by Crippen LogP contribution is 2.42. The first kappa shape index (κ1) is 22.4. The number of halogens is 1. The third-order valence-corrected chi connectivity index (χ3v) is 7.61. The fourth-order valence-electron chi connectivity index (χ4n) is 3.74. The van der Waals surface area contributed by atoms with Crippen molar-refractivity contribution in [3.63, 3.8) is 0 Å². The maximum Gasteiger partial charge on any atom is 0.303 e. The highest BCUT2D eigenvalue weighted by molar-refractivity contribution is 9.10. The zero-order valence-corrected chi connectivity index (χ0v) is 19.0. The van der Waals surface area contributed by atoms with E-state index in [0.29, 0.717) is 34.1 Å². The number of fused-ring (bicyclic) bond motifs is 2. The number of unbranched alkanes of at least 4 members (excludes halogenated alkanes) is 3. The fraction of sp³-hybridized carbons (Fsp3) is 0.381. The van der Waals surface area contributed by atoms with Crippen molar-refractivity contribution < 1.29 is 23.1 Å². The number of nitrogens with zero attached hydrogens (tertiary/aromatic N) is 2. The molecule has 3 rings (SSSR count). The second-order valence-corrected chi connectivity index (χ2v) is 10.2. The molecule has 0 aliphatic carbocycles. The van der Waals surface area contributed by atoms with Crippen LogP contribution in [0.5, 0.6) is 0 Å². The van der Waals surface area contributed by atoms with Crippen LogP contribution >= 0.6 is 15.9 Å². The number of carbonyl (C=O) groups is 1. The smallest absolute Gasteiger partial charge is 0.303 e. The molecule has 0 spiro atoms. The lowest BCUT2D eigenvalue weighted by atomic mass is 9.96. The number of benzene rings is 2. The molecule has 2 aromatic rings. The molecule has 1 atom stereocenters. The van der Waals surface area contributed by atoms with Crippen molar-refractivity contribution in [2.24, 2.45) is 0 Å². The number of hydrogen-bond acceptors (Lipinski definition) is 4. The van der Waals surface area contributed by atoms with Gasteiger partial charge in [0.25, 0.3) is 16.1 Å². The quantitative estimate of drug-likeness (QED) is 0.429. The monoisotopic (exact) mass is 495 g/mol. The van der Waals surface area contributed by atoms with E-state index in [4.69, 9.17) is 5.11 Å². The van der Waals surface area contributed by atoms with Gasteiger partial charge in [-0.1, -0.05) is 34.5 Å². The summed E-state index contributed by atoms with van der Waals surface area (Å²) in [5.41, 5.74) is 1.58. The molecule has 9 heteroatoms. The molecule has 1 N–H and O–H groups in total. The summed E-state index contributed by atoms with van der Waals surface area (Å²) < 4.78 is 29.3. The summed E-state index contributed by atoms with van der Waals surface area (Å²) >= 11 is 3.34. The molecule has 2 aromatic carbocycles. The molecule has 0 saturated carbocycles. The Bertz CT molecular complexity index is 1070. The molecule has 0 amide bonds. The second kappa shape index (κ2) is 9.26. The largest absolute Gasteiger partial charge is 0.481 e. The molecule has 1 unspecified atom stereocenters. The lowest BCUT2D eigenvalue weighted by molar-refractivity contribution is -0.583. The Morgan fingerprint density at radius 3 is 2.53 bits per heavy atom. The first-order valence-corrected chi connectivity index (χ1v) is 12.0. The molecule has 1 aliphatic heterocycles. The summed E-state index contributed by atoms with van der Waals surface area (Å²) in [4.78, 5) is 23.9. The highest BCUT2D eigenvalue weighted by atomic mass is 79.9. The Labute approximate surface area is 184 Å². The van der Waals surface area contributed by atoms with Crippen LogP contribution in [-0.4, -0.2) is 37.8 Å². The zero-order chi connectivity index (χ0) is 21.9. The standard InChI is InChI=1S/C21H23BrN2O5S/c1-23-18-9-6-5-8-16(18)21(24(27)13-7-3-2-4-10-20(25)26)17-12-11-15(22)14-19(17)30(23,28)29/h5-6,8-9,11-12,14,21H,2-4,7,10,13H2,1H3/p+1. The van der Waals surface area contributed by atoms with Crippen LogP contribution in [0.4, 0.5) is 5.69 Å². The van der Waals surface area contributed by atoms with Gasteiger partial charge in [0.05, 0.1) is 16.1 Å². The minimum atomic E-state index is -3.82. The Kier molecular flexibility index (Phi) is 6.92. The van der Waals surface area contributed by atoms with Crippen LogP contribution in [0.15, 0.2) is 51.8 Å². The van der Waals surface area contributed by atoms with Gasteiger partial charge in [-0.2, -0.15) is 0 Å². The van der Waals surface area contributed by atoms with E-state index < -0.39 is 22.0 Å². The molecule has 160 valence electrons. The van der Waals surface area contributed by atoms with Gasteiger partial charge in [-0.3, -0.25) is 9.10 Å². The van der Waals surface area contributed by atoms with E-state index in [9.17, 15) is 18.1 Å². The van der Waals surface area contributed by atoms with Crippen molar-refractivity contribution in [1.29, 1.82) is 0 Å². The first-order valence-electron chi connectivity index (χ1n) is 9.76. The van der Waals surface area contributed by atoms with E-state index in [-0.39, 0.29) is 17.9 Å². The molecule has 1 aliphatic rings. The minimum Gasteiger partial charge on any atom is -0.481 e. The third kappa shape index (κ3) is 4.57. The van der Waals surface area contributed by atoms with E-state index in [1.54, 1.807) is 42.5 Å². The zero-order valence-electron chi connectivity index (χ0n) is 16.6. The maximum atomic E-state index is 13.2. The molecule has 7 nitrogen and oxygen atoms in total. The Hall–Kier alpha value is -2.26. The minimum absolute atomic E-state index is 0.114. The average molecular weight is 496 g/mol. The predicted molar refractivity (Wildman–Crippen MR) is 117 cm³/mol. The fourth-order valence-corrected chi connectivity index (χ4v) is 5.73. The Morgan fingerprint density at radius 2 is 1.80 bits per heavy atom. The summed E-state index contributed by atoms with van der Waals surface area (Å²) in [6.45, 7) is 0.228. The third-order valence-electron chi connectivity index (χ3n) is 5.29. The van der Waals surface area contributed by atoms with Crippen molar-refractivity contribution >= 4 is 37.6 Å². The number of nitroso groups, excluding NO2 is 1. The number of anilines is 1. The number of para-hydroxylation sites is 1. The van der Waals surface area contributed by atoms with Crippen molar-refractivity contribution in [2.75, 3.05) is 17.9 Å². The van der Waals surface area contributed by atoms with Crippen LogP contribution in [-0.2, 0) is 14.8 Å². The summed E-state index contributed by atoms with van der Waals surface area (Å²) in [5, 5.41) is 8.71. The van der Waals surface area contributed by atoms with E-state index in [1.807, 2.05) is 0 Å². The summed E-state index contributed by atoms with van der Waals surface area (Å²) in [7, 11) is -2.32. The van der Waals surface area contributed by atoms with Gasteiger partial charge >= 0.3 is 5.97 Å². The van der Waals surface area contributed by atoms with Crippen LogP contribution < -0.4 is 4.31 Å². The van der Waals surface area contributed by atoms with Crippen molar-refractivity contribution in [3.8, 4) is 0 Å². The topological polar surface area (TPSA) is 94.8 Å². The van der Waals surface area contributed by atoms with Gasteiger partial charge in [-0.25, -0.2) is 8.42 Å². The molecule has 30 heavy (non-hydrogen) atoms. The molecule has 0 saturated heterocycles. The first-order chi connectivity index (χ1) is 14.2. The predicted octanol–water partition coefficient (Wildman–Crippen LogP) is 4.49. The van der Waals surface area contributed by atoms with Crippen LogP contribution in [0.1, 0.15) is 49.3 Å². The van der Waals surface area contributed by atoms with Gasteiger partial charge in [0.2, 0.25) is 0 Å². The van der Waals surface area contributed by atoms with Crippen molar-refractivity contribution in [2.45, 2.75) is 43.0 Å². The summed E-state index contributed by atoms with van der Waals surface area (Å²) in [6.07, 6.45) is 2.80. The molecule has 0 aromatic heterocycles. The average Bonchev–Trinajstić information content (AvgIpc) is 2.77. The SMILES string of the molecule is CN1c2ccccc2C([N+](=O)CCCCCCC(=O)O)c2ccc(Br)cc2S1(=O)=O. The van der Waals surface area contributed by atoms with Gasteiger partial charge < -0.3 is 5.11 Å². The normalized spacial score (nSPS) is 17.0. The molecular formula is C21H24BrN2O5S+. The molecule has 0 radical (unpaired) electrons. The second-order valence-electron chi connectivity index (χ2n) is 7.31. The molecule has 0 bridgehead atoms. The van der Waals surface area contributed by atoms with Crippen LogP contribution in [0.25, 0.3) is 0 Å². The lowest BCUT2D eigenvalue weighted by Gasteiger charge is -2.19. The van der Waals surface area contributed by atoms with Crippen LogP contribution in [0.3, 0.4) is 0 Å². The maximum absolute atomic E-state index is 13.2. The molecule has 0 fully saturated rings. The molecule has 1 heterocycles. The lowest BCUT2D eigenvalue weighted by Crippen LogP contribution is -2.26. The number of carboxylic acids is 1. The van der Waals surface area contributed by atoms with Crippen LogP contribution in [0.2, 0.25) is 0 Å². The van der Waals surface area contributed by atoms with E-state index in [1.165, 1.54) is 11.4 Å². The Morgan fingerprint density at radius 1 is 1.10 bits per heavy atom. The summed E-state index contributed by atoms with van der Waals surface area (Å²) in [6, 6.07) is 11.3. The van der Waals surface area contributed by atoms with Gasteiger partial charge in [0.1, 0.15) is 0 Å². The van der Waals surface area contributed by atoms with Gasteiger partial charge in [0, 0.05) is 39.6 Å². The van der Waals surface area contributed by atoms with E-state index >= 15 is 0 Å². The summed E-state index contributed by atoms with van der Waals surface area (Å²) in [5.74, 6) is -0.816. The van der Waals surface area contributed by atoms with Gasteiger partial charge in [-0.05, 0) is 43.2 Å². The number of rotatable bonds is 8. The molecular weight excluding hydrogens is 472 g/mol. The van der Waals surface area contributed by atoms with Crippen molar-refractivity contribution in [1.82, 2.24) is 0 Å².